The Hall–Kier alpha value is -2.95. The van der Waals surface area contributed by atoms with Crippen molar-refractivity contribution in [1.29, 1.82) is 0 Å². The average molecular weight is 283 g/mol. The summed E-state index contributed by atoms with van der Waals surface area (Å²) >= 11 is 0. The summed E-state index contributed by atoms with van der Waals surface area (Å²) in [4.78, 5) is 22.2. The zero-order valence-electron chi connectivity index (χ0n) is 11.4. The van der Waals surface area contributed by atoms with Crippen LogP contribution in [0, 0.1) is 10.1 Å². The Labute approximate surface area is 121 Å². The van der Waals surface area contributed by atoms with E-state index in [0.717, 1.165) is 5.56 Å². The topological polar surface area (TPSA) is 69.4 Å². The molecule has 0 aliphatic rings. The van der Waals surface area contributed by atoms with Gasteiger partial charge in [0.15, 0.2) is 0 Å². The van der Waals surface area contributed by atoms with Crippen molar-refractivity contribution in [2.24, 2.45) is 0 Å². The largest absolute Gasteiger partial charge is 0.465 e. The molecule has 0 aliphatic heterocycles. The molecule has 5 nitrogen and oxygen atoms in total. The minimum Gasteiger partial charge on any atom is -0.465 e. The van der Waals surface area contributed by atoms with Crippen molar-refractivity contribution >= 4 is 17.2 Å². The molecule has 106 valence electrons. The molecule has 21 heavy (non-hydrogen) atoms. The second-order valence-corrected chi connectivity index (χ2v) is 4.33. The van der Waals surface area contributed by atoms with Crippen LogP contribution in [0.2, 0.25) is 0 Å². The van der Waals surface area contributed by atoms with Crippen molar-refractivity contribution in [3.63, 3.8) is 0 Å². The molecule has 0 spiro atoms. The van der Waals surface area contributed by atoms with Gasteiger partial charge >= 0.3 is 5.97 Å². The highest BCUT2D eigenvalue weighted by Crippen LogP contribution is 2.31. The molecule has 0 atom stereocenters. The van der Waals surface area contributed by atoms with Crippen molar-refractivity contribution in [2.45, 2.75) is 0 Å². The monoisotopic (exact) mass is 283 g/mol. The summed E-state index contributed by atoms with van der Waals surface area (Å²) in [6, 6.07) is 13.9. The van der Waals surface area contributed by atoms with Crippen molar-refractivity contribution in [3.8, 4) is 11.1 Å². The van der Waals surface area contributed by atoms with E-state index in [1.54, 1.807) is 6.07 Å². The Morgan fingerprint density at radius 1 is 1.14 bits per heavy atom. The van der Waals surface area contributed by atoms with E-state index in [0.29, 0.717) is 5.56 Å². The lowest BCUT2D eigenvalue weighted by Crippen LogP contribution is -2.05. The molecule has 0 aliphatic carbocycles. The number of rotatable bonds is 4. The van der Waals surface area contributed by atoms with E-state index in [1.165, 1.54) is 19.2 Å². The first-order valence-corrected chi connectivity index (χ1v) is 6.16. The fourth-order valence-corrected chi connectivity index (χ4v) is 1.98. The molecule has 0 aromatic heterocycles. The van der Waals surface area contributed by atoms with Gasteiger partial charge in [0.2, 0.25) is 0 Å². The smallest absolute Gasteiger partial charge is 0.338 e. The van der Waals surface area contributed by atoms with E-state index in [1.807, 2.05) is 30.3 Å². The van der Waals surface area contributed by atoms with Crippen LogP contribution in [0.5, 0.6) is 0 Å². The van der Waals surface area contributed by atoms with Gasteiger partial charge in [-0.3, -0.25) is 10.1 Å². The van der Waals surface area contributed by atoms with E-state index in [9.17, 15) is 14.9 Å². The van der Waals surface area contributed by atoms with E-state index in [-0.39, 0.29) is 16.8 Å². The summed E-state index contributed by atoms with van der Waals surface area (Å²) in [5.74, 6) is -0.689. The second-order valence-electron chi connectivity index (χ2n) is 4.33. The van der Waals surface area contributed by atoms with Gasteiger partial charge in [-0.25, -0.2) is 4.79 Å². The maximum absolute atomic E-state index is 11.5. The number of carbonyl (C=O) groups excluding carboxylic acids is 1. The van der Waals surface area contributed by atoms with Gasteiger partial charge in [-0.2, -0.15) is 0 Å². The number of hydrogen-bond donors (Lipinski definition) is 0. The molecule has 2 aromatic carbocycles. The highest BCUT2D eigenvalue weighted by molar-refractivity contribution is 6.16. The first-order valence-electron chi connectivity index (χ1n) is 6.16. The molecule has 0 N–H and O–H groups in total. The molecule has 0 bridgehead atoms. The molecule has 2 rings (SSSR count). The number of esters is 1. The fraction of sp³-hybridized carbons (Fsp3) is 0.0625. The van der Waals surface area contributed by atoms with Gasteiger partial charge in [0.25, 0.3) is 5.69 Å². The predicted molar refractivity (Wildman–Crippen MR) is 79.6 cm³/mol. The van der Waals surface area contributed by atoms with Crippen molar-refractivity contribution < 1.29 is 14.5 Å². The van der Waals surface area contributed by atoms with Gasteiger partial charge in [0.1, 0.15) is 0 Å². The van der Waals surface area contributed by atoms with Gasteiger partial charge in [0.05, 0.1) is 23.2 Å². The molecule has 5 heteroatoms. The summed E-state index contributed by atoms with van der Waals surface area (Å²) in [6.07, 6.45) is 0. The number of nitro benzene ring substituents is 1. The summed E-state index contributed by atoms with van der Waals surface area (Å²) < 4.78 is 4.55. The highest BCUT2D eigenvalue weighted by atomic mass is 16.6. The fourth-order valence-electron chi connectivity index (χ4n) is 1.98. The van der Waals surface area contributed by atoms with E-state index >= 15 is 0 Å². The van der Waals surface area contributed by atoms with Crippen LogP contribution in [0.4, 0.5) is 5.69 Å². The van der Waals surface area contributed by atoms with Crippen LogP contribution in [-0.2, 0) is 9.53 Å². The number of benzene rings is 2. The number of nitro groups is 1. The molecule has 0 amide bonds. The third kappa shape index (κ3) is 2.97. The predicted octanol–water partition coefficient (Wildman–Crippen LogP) is 3.45. The number of hydrogen-bond acceptors (Lipinski definition) is 4. The minimum atomic E-state index is -0.689. The molecule has 0 heterocycles. The maximum Gasteiger partial charge on any atom is 0.338 e. The van der Waals surface area contributed by atoms with Gasteiger partial charge in [-0.15, -0.1) is 0 Å². The Morgan fingerprint density at radius 3 is 2.38 bits per heavy atom. The average Bonchev–Trinajstić information content (AvgIpc) is 2.53. The van der Waals surface area contributed by atoms with Crippen LogP contribution < -0.4 is 0 Å². The lowest BCUT2D eigenvalue weighted by molar-refractivity contribution is -0.385. The van der Waals surface area contributed by atoms with E-state index in [2.05, 4.69) is 11.3 Å². The van der Waals surface area contributed by atoms with Crippen LogP contribution in [-0.4, -0.2) is 18.0 Å². The molecule has 0 unspecified atom stereocenters. The van der Waals surface area contributed by atoms with Crippen LogP contribution >= 0.6 is 0 Å². The summed E-state index contributed by atoms with van der Waals surface area (Å²) in [5, 5.41) is 11.2. The van der Waals surface area contributed by atoms with Gasteiger partial charge < -0.3 is 4.74 Å². The standard InChI is InChI=1S/C16H13NO4/c1-11(16(18)21-2)14-9-8-13(10-15(14)17(19)20)12-6-4-3-5-7-12/h3-10H,1H2,2H3. The van der Waals surface area contributed by atoms with Crippen LogP contribution in [0.1, 0.15) is 5.56 Å². The zero-order valence-corrected chi connectivity index (χ0v) is 11.4. The highest BCUT2D eigenvalue weighted by Gasteiger charge is 2.21. The Kier molecular flexibility index (Phi) is 4.13. The summed E-state index contributed by atoms with van der Waals surface area (Å²) in [5.41, 5.74) is 1.50. The van der Waals surface area contributed by atoms with Crippen LogP contribution in [0.25, 0.3) is 16.7 Å². The number of carbonyl (C=O) groups is 1. The van der Waals surface area contributed by atoms with Crippen LogP contribution in [0.15, 0.2) is 55.1 Å². The van der Waals surface area contributed by atoms with E-state index in [4.69, 9.17) is 0 Å². The van der Waals surface area contributed by atoms with Gasteiger partial charge in [0, 0.05) is 6.07 Å². The number of nitrogens with zero attached hydrogens (tertiary/aromatic N) is 1. The second kappa shape index (κ2) is 6.00. The quantitative estimate of drug-likeness (QED) is 0.373. The molecule has 0 fully saturated rings. The molecule has 2 aromatic rings. The third-order valence-corrected chi connectivity index (χ3v) is 3.06. The van der Waals surface area contributed by atoms with Crippen molar-refractivity contribution in [3.05, 3.63) is 70.8 Å². The SMILES string of the molecule is C=C(C(=O)OC)c1ccc(-c2ccccc2)cc1[N+](=O)[O-]. The van der Waals surface area contributed by atoms with Crippen molar-refractivity contribution in [1.82, 2.24) is 0 Å². The lowest BCUT2D eigenvalue weighted by atomic mass is 9.99. The number of ether oxygens (including phenoxy) is 1. The van der Waals surface area contributed by atoms with Crippen LogP contribution in [0.3, 0.4) is 0 Å². The molecular formula is C16H13NO4. The maximum atomic E-state index is 11.5. The molecule has 0 saturated heterocycles. The van der Waals surface area contributed by atoms with Gasteiger partial charge in [-0.1, -0.05) is 43.0 Å². The zero-order chi connectivity index (χ0) is 15.4. The van der Waals surface area contributed by atoms with Crippen molar-refractivity contribution in [2.75, 3.05) is 7.11 Å². The van der Waals surface area contributed by atoms with Gasteiger partial charge in [-0.05, 0) is 17.2 Å². The lowest BCUT2D eigenvalue weighted by Gasteiger charge is -2.07. The molecule has 0 radical (unpaired) electrons. The minimum absolute atomic E-state index is 0.0381. The van der Waals surface area contributed by atoms with E-state index < -0.39 is 10.9 Å². The molecule has 0 saturated carbocycles. The summed E-state index contributed by atoms with van der Waals surface area (Å²) in [6.45, 7) is 3.56. The Balaban J connectivity index is 2.53. The summed E-state index contributed by atoms with van der Waals surface area (Å²) in [7, 11) is 1.21. The third-order valence-electron chi connectivity index (χ3n) is 3.06. The number of methoxy groups -OCH3 is 1. The Morgan fingerprint density at radius 2 is 1.81 bits per heavy atom. The first-order chi connectivity index (χ1) is 10.0. The normalized spacial score (nSPS) is 9.95. The first kappa shape index (κ1) is 14.5. The Bertz CT molecular complexity index is 707. The molecular weight excluding hydrogens is 270 g/mol.